The molecule has 3 rings (SSSR count). The number of benzene rings is 1. The Bertz CT molecular complexity index is 598. The highest BCUT2D eigenvalue weighted by molar-refractivity contribution is 9.10. The summed E-state index contributed by atoms with van der Waals surface area (Å²) in [5.74, 6) is 2.61. The summed E-state index contributed by atoms with van der Waals surface area (Å²) in [6.07, 6.45) is 3.63. The maximum atomic E-state index is 5.62. The Labute approximate surface area is 132 Å². The van der Waals surface area contributed by atoms with Gasteiger partial charge in [-0.25, -0.2) is 0 Å². The minimum absolute atomic E-state index is 0.328. The first-order valence-electron chi connectivity index (χ1n) is 7.10. The Hall–Kier alpha value is -1.62. The molecule has 1 aliphatic heterocycles. The van der Waals surface area contributed by atoms with Gasteiger partial charge in [0, 0.05) is 29.1 Å². The van der Waals surface area contributed by atoms with E-state index in [1.165, 1.54) is 0 Å². The molecule has 2 heterocycles. The molecule has 1 aromatic heterocycles. The van der Waals surface area contributed by atoms with Crippen LogP contribution in [0, 0.1) is 0 Å². The fourth-order valence-electron chi connectivity index (χ4n) is 2.33. The Morgan fingerprint density at radius 3 is 2.71 bits per heavy atom. The van der Waals surface area contributed by atoms with Crippen LogP contribution in [-0.2, 0) is 6.42 Å². The van der Waals surface area contributed by atoms with Gasteiger partial charge >= 0.3 is 0 Å². The third kappa shape index (κ3) is 3.53. The number of ether oxygens (including phenoxy) is 2. The molecule has 0 radical (unpaired) electrons. The van der Waals surface area contributed by atoms with Crippen molar-refractivity contribution in [3.63, 3.8) is 0 Å². The second kappa shape index (κ2) is 6.43. The standard InChI is InChI=1S/C16H18BrNO3/c1-11(4-5-12-3-2-6-19-12)18-14-10-16-15(9-13(14)17)20-7-8-21-16/h2-3,6,9-11,18H,4-5,7-8H2,1H3. The fraction of sp³-hybridized carbons (Fsp3) is 0.375. The van der Waals surface area contributed by atoms with Crippen LogP contribution in [0.15, 0.2) is 39.4 Å². The van der Waals surface area contributed by atoms with Gasteiger partial charge in [-0.15, -0.1) is 0 Å². The lowest BCUT2D eigenvalue weighted by molar-refractivity contribution is 0.171. The predicted octanol–water partition coefficient (Wildman–Crippen LogP) is 4.25. The normalized spacial score (nSPS) is 14.8. The van der Waals surface area contributed by atoms with Gasteiger partial charge in [0.1, 0.15) is 19.0 Å². The first-order valence-corrected chi connectivity index (χ1v) is 7.90. The molecule has 0 spiro atoms. The lowest BCUT2D eigenvalue weighted by Gasteiger charge is -2.22. The van der Waals surface area contributed by atoms with Crippen molar-refractivity contribution in [1.82, 2.24) is 0 Å². The number of nitrogens with one attached hydrogen (secondary N) is 1. The van der Waals surface area contributed by atoms with Crippen molar-refractivity contribution in [2.75, 3.05) is 18.5 Å². The van der Waals surface area contributed by atoms with E-state index in [2.05, 4.69) is 28.2 Å². The van der Waals surface area contributed by atoms with Gasteiger partial charge < -0.3 is 19.2 Å². The van der Waals surface area contributed by atoms with Gasteiger partial charge in [0.05, 0.1) is 12.0 Å². The first kappa shape index (κ1) is 14.3. The number of fused-ring (bicyclic) bond motifs is 1. The molecule has 0 aliphatic carbocycles. The van der Waals surface area contributed by atoms with Crippen molar-refractivity contribution in [3.05, 3.63) is 40.8 Å². The predicted molar refractivity (Wildman–Crippen MR) is 85.2 cm³/mol. The highest BCUT2D eigenvalue weighted by atomic mass is 79.9. The van der Waals surface area contributed by atoms with Crippen molar-refractivity contribution in [3.8, 4) is 11.5 Å². The molecule has 1 N–H and O–H groups in total. The highest BCUT2D eigenvalue weighted by Gasteiger charge is 2.16. The number of halogens is 1. The second-order valence-corrected chi connectivity index (χ2v) is 5.99. The monoisotopic (exact) mass is 351 g/mol. The van der Waals surface area contributed by atoms with Gasteiger partial charge in [0.2, 0.25) is 0 Å². The lowest BCUT2D eigenvalue weighted by Crippen LogP contribution is -2.18. The minimum atomic E-state index is 0.328. The SMILES string of the molecule is CC(CCc1ccco1)Nc1cc2c(cc1Br)OCCO2. The molecule has 21 heavy (non-hydrogen) atoms. The molecular formula is C16H18BrNO3. The van der Waals surface area contributed by atoms with Crippen LogP contribution in [0.5, 0.6) is 11.5 Å². The summed E-state index contributed by atoms with van der Waals surface area (Å²) in [4.78, 5) is 0. The fourth-order valence-corrected chi connectivity index (χ4v) is 2.76. The molecular weight excluding hydrogens is 334 g/mol. The van der Waals surface area contributed by atoms with Crippen LogP contribution in [0.1, 0.15) is 19.1 Å². The molecule has 1 atom stereocenters. The van der Waals surface area contributed by atoms with Crippen molar-refractivity contribution < 1.29 is 13.9 Å². The van der Waals surface area contributed by atoms with Crippen LogP contribution in [0.2, 0.25) is 0 Å². The van der Waals surface area contributed by atoms with Crippen LogP contribution < -0.4 is 14.8 Å². The Morgan fingerprint density at radius 2 is 2.00 bits per heavy atom. The summed E-state index contributed by atoms with van der Waals surface area (Å²) >= 11 is 3.58. The van der Waals surface area contributed by atoms with E-state index in [1.54, 1.807) is 6.26 Å². The largest absolute Gasteiger partial charge is 0.486 e. The van der Waals surface area contributed by atoms with E-state index >= 15 is 0 Å². The van der Waals surface area contributed by atoms with Crippen molar-refractivity contribution >= 4 is 21.6 Å². The molecule has 0 fully saturated rings. The third-order valence-corrected chi connectivity index (χ3v) is 4.09. The van der Waals surface area contributed by atoms with E-state index in [9.17, 15) is 0 Å². The molecule has 0 bridgehead atoms. The van der Waals surface area contributed by atoms with Crippen molar-refractivity contribution in [2.24, 2.45) is 0 Å². The van der Waals surface area contributed by atoms with Gasteiger partial charge in [0.25, 0.3) is 0 Å². The smallest absolute Gasteiger partial charge is 0.163 e. The number of furan rings is 1. The maximum absolute atomic E-state index is 5.62. The van der Waals surface area contributed by atoms with Crippen molar-refractivity contribution in [2.45, 2.75) is 25.8 Å². The number of aryl methyl sites for hydroxylation is 1. The number of rotatable bonds is 5. The molecule has 1 aromatic carbocycles. The number of anilines is 1. The van der Waals surface area contributed by atoms with Crippen LogP contribution in [0.3, 0.4) is 0 Å². The zero-order valence-electron chi connectivity index (χ0n) is 11.9. The summed E-state index contributed by atoms with van der Waals surface area (Å²) in [6, 6.07) is 8.20. The maximum Gasteiger partial charge on any atom is 0.163 e. The van der Waals surface area contributed by atoms with Gasteiger partial charge in [-0.3, -0.25) is 0 Å². The quantitative estimate of drug-likeness (QED) is 0.874. The van der Waals surface area contributed by atoms with Crippen LogP contribution in [-0.4, -0.2) is 19.3 Å². The molecule has 112 valence electrons. The minimum Gasteiger partial charge on any atom is -0.486 e. The number of hydrogen-bond donors (Lipinski definition) is 1. The molecule has 2 aromatic rings. The van der Waals surface area contributed by atoms with Gasteiger partial charge in [0.15, 0.2) is 11.5 Å². The van der Waals surface area contributed by atoms with E-state index < -0.39 is 0 Å². The van der Waals surface area contributed by atoms with E-state index in [0.717, 1.165) is 40.3 Å². The van der Waals surface area contributed by atoms with Crippen molar-refractivity contribution in [1.29, 1.82) is 0 Å². The van der Waals surface area contributed by atoms with E-state index in [4.69, 9.17) is 13.9 Å². The lowest BCUT2D eigenvalue weighted by atomic mass is 10.1. The van der Waals surface area contributed by atoms with Crippen LogP contribution in [0.25, 0.3) is 0 Å². The summed E-state index contributed by atoms with van der Waals surface area (Å²) in [5.41, 5.74) is 1.02. The summed E-state index contributed by atoms with van der Waals surface area (Å²) in [6.45, 7) is 3.36. The molecule has 0 amide bonds. The van der Waals surface area contributed by atoms with Crippen LogP contribution >= 0.6 is 15.9 Å². The highest BCUT2D eigenvalue weighted by Crippen LogP contribution is 2.38. The summed E-state index contributed by atoms with van der Waals surface area (Å²) < 4.78 is 17.5. The topological polar surface area (TPSA) is 43.6 Å². The summed E-state index contributed by atoms with van der Waals surface area (Å²) in [7, 11) is 0. The average molecular weight is 352 g/mol. The van der Waals surface area contributed by atoms with E-state index in [1.807, 2.05) is 24.3 Å². The van der Waals surface area contributed by atoms with Gasteiger partial charge in [-0.05, 0) is 41.4 Å². The Morgan fingerprint density at radius 1 is 1.24 bits per heavy atom. The molecule has 1 aliphatic rings. The Kier molecular flexibility index (Phi) is 4.39. The second-order valence-electron chi connectivity index (χ2n) is 5.14. The third-order valence-electron chi connectivity index (χ3n) is 3.44. The van der Waals surface area contributed by atoms with E-state index in [0.29, 0.717) is 19.3 Å². The van der Waals surface area contributed by atoms with Crippen LogP contribution in [0.4, 0.5) is 5.69 Å². The first-order chi connectivity index (χ1) is 10.2. The average Bonchev–Trinajstić information content (AvgIpc) is 2.99. The molecule has 4 nitrogen and oxygen atoms in total. The molecule has 0 saturated carbocycles. The zero-order valence-corrected chi connectivity index (χ0v) is 13.5. The summed E-state index contributed by atoms with van der Waals surface area (Å²) in [5, 5.41) is 3.50. The molecule has 5 heteroatoms. The van der Waals surface area contributed by atoms with Gasteiger partial charge in [-0.2, -0.15) is 0 Å². The molecule has 0 saturated heterocycles. The van der Waals surface area contributed by atoms with Gasteiger partial charge in [-0.1, -0.05) is 0 Å². The van der Waals surface area contributed by atoms with E-state index in [-0.39, 0.29) is 0 Å². The molecule has 1 unspecified atom stereocenters. The zero-order chi connectivity index (χ0) is 14.7. The number of hydrogen-bond acceptors (Lipinski definition) is 4. The Balaban J connectivity index is 1.63.